The van der Waals surface area contributed by atoms with Crippen LogP contribution in [-0.4, -0.2) is 20.2 Å². The molecule has 0 unspecified atom stereocenters. The van der Waals surface area contributed by atoms with Gasteiger partial charge in [0.2, 0.25) is 0 Å². The molecule has 17 heavy (non-hydrogen) atoms. The molecule has 3 heteroatoms. The molecule has 3 nitrogen and oxygen atoms in total. The van der Waals surface area contributed by atoms with Crippen molar-refractivity contribution >= 4 is 5.97 Å². The van der Waals surface area contributed by atoms with Crippen molar-refractivity contribution in [3.05, 3.63) is 29.8 Å². The summed E-state index contributed by atoms with van der Waals surface area (Å²) in [4.78, 5) is 11.8. The van der Waals surface area contributed by atoms with E-state index in [0.717, 1.165) is 37.0 Å². The van der Waals surface area contributed by atoms with Crippen LogP contribution in [0.5, 0.6) is 5.75 Å². The van der Waals surface area contributed by atoms with Gasteiger partial charge in [-0.1, -0.05) is 18.6 Å². The lowest BCUT2D eigenvalue weighted by atomic mass is 9.65. The van der Waals surface area contributed by atoms with E-state index >= 15 is 0 Å². The van der Waals surface area contributed by atoms with Gasteiger partial charge in [-0.25, -0.2) is 0 Å². The number of esters is 1. The largest absolute Gasteiger partial charge is 0.497 e. The zero-order valence-electron chi connectivity index (χ0n) is 10.4. The summed E-state index contributed by atoms with van der Waals surface area (Å²) in [6.45, 7) is 0. The maximum atomic E-state index is 11.8. The molecule has 0 spiro atoms. The molecule has 0 aliphatic heterocycles. The monoisotopic (exact) mass is 234 g/mol. The van der Waals surface area contributed by atoms with Crippen molar-refractivity contribution in [2.75, 3.05) is 14.2 Å². The minimum atomic E-state index is -0.291. The minimum Gasteiger partial charge on any atom is -0.497 e. The van der Waals surface area contributed by atoms with Gasteiger partial charge in [0.25, 0.3) is 0 Å². The van der Waals surface area contributed by atoms with Gasteiger partial charge in [0.15, 0.2) is 0 Å². The van der Waals surface area contributed by atoms with Crippen molar-refractivity contribution in [1.82, 2.24) is 0 Å². The summed E-state index contributed by atoms with van der Waals surface area (Å²) in [5, 5.41) is 0. The normalized spacial score (nSPS) is 17.1. The van der Waals surface area contributed by atoms with Gasteiger partial charge in [-0.2, -0.15) is 0 Å². The molecule has 1 aliphatic rings. The van der Waals surface area contributed by atoms with Gasteiger partial charge >= 0.3 is 5.97 Å². The summed E-state index contributed by atoms with van der Waals surface area (Å²) in [5.41, 5.74) is 0.843. The van der Waals surface area contributed by atoms with Crippen LogP contribution in [0.25, 0.3) is 0 Å². The number of methoxy groups -OCH3 is 2. The molecule has 1 fully saturated rings. The third-order valence-corrected chi connectivity index (χ3v) is 3.61. The average molecular weight is 234 g/mol. The Bertz CT molecular complexity index is 408. The summed E-state index contributed by atoms with van der Waals surface area (Å²) >= 11 is 0. The fraction of sp³-hybridized carbons (Fsp3) is 0.500. The van der Waals surface area contributed by atoms with Crippen LogP contribution in [0.1, 0.15) is 24.8 Å². The van der Waals surface area contributed by atoms with Gasteiger partial charge in [0.05, 0.1) is 19.6 Å². The Balaban J connectivity index is 2.15. The van der Waals surface area contributed by atoms with E-state index in [-0.39, 0.29) is 11.4 Å². The molecule has 1 aromatic carbocycles. The molecule has 0 radical (unpaired) electrons. The highest BCUT2D eigenvalue weighted by atomic mass is 16.5. The smallest absolute Gasteiger partial charge is 0.312 e. The van der Waals surface area contributed by atoms with Crippen molar-refractivity contribution in [3.63, 3.8) is 0 Å². The second-order valence-corrected chi connectivity index (χ2v) is 4.65. The van der Waals surface area contributed by atoms with Gasteiger partial charge in [-0.15, -0.1) is 0 Å². The quantitative estimate of drug-likeness (QED) is 0.751. The summed E-state index contributed by atoms with van der Waals surface area (Å²) in [6.07, 6.45) is 3.71. The van der Waals surface area contributed by atoms with E-state index in [1.807, 2.05) is 24.3 Å². The highest BCUT2D eigenvalue weighted by Gasteiger charge is 2.45. The van der Waals surface area contributed by atoms with Crippen LogP contribution in [0.2, 0.25) is 0 Å². The highest BCUT2D eigenvalue weighted by molar-refractivity contribution is 5.78. The van der Waals surface area contributed by atoms with Crippen LogP contribution in [0, 0.1) is 5.41 Å². The summed E-state index contributed by atoms with van der Waals surface area (Å²) in [5.74, 6) is 0.758. The Morgan fingerprint density at radius 1 is 1.35 bits per heavy atom. The molecular formula is C14H18O3. The van der Waals surface area contributed by atoms with E-state index in [1.54, 1.807) is 7.11 Å². The standard InChI is InChI=1S/C14H18O3/c1-16-12-6-3-5-11(9-12)10-14(7-4-8-14)13(15)17-2/h3,5-6,9H,4,7-8,10H2,1-2H3. The maximum absolute atomic E-state index is 11.8. The molecule has 2 rings (SSSR count). The summed E-state index contributed by atoms with van der Waals surface area (Å²) in [7, 11) is 3.12. The number of hydrogen-bond donors (Lipinski definition) is 0. The molecule has 92 valence electrons. The molecule has 0 atom stereocenters. The second-order valence-electron chi connectivity index (χ2n) is 4.65. The van der Waals surface area contributed by atoms with E-state index < -0.39 is 0 Å². The number of hydrogen-bond acceptors (Lipinski definition) is 3. The number of rotatable bonds is 4. The number of benzene rings is 1. The first-order chi connectivity index (χ1) is 8.20. The Kier molecular flexibility index (Phi) is 3.36. The predicted molar refractivity (Wildman–Crippen MR) is 65.0 cm³/mol. The highest BCUT2D eigenvalue weighted by Crippen LogP contribution is 2.44. The van der Waals surface area contributed by atoms with Crippen molar-refractivity contribution in [2.45, 2.75) is 25.7 Å². The fourth-order valence-electron chi connectivity index (χ4n) is 2.45. The molecule has 0 N–H and O–H groups in total. The van der Waals surface area contributed by atoms with E-state index in [0.29, 0.717) is 0 Å². The van der Waals surface area contributed by atoms with Crippen molar-refractivity contribution < 1.29 is 14.3 Å². The average Bonchev–Trinajstić information content (AvgIpc) is 2.33. The van der Waals surface area contributed by atoms with Crippen molar-refractivity contribution in [1.29, 1.82) is 0 Å². The zero-order valence-corrected chi connectivity index (χ0v) is 10.4. The van der Waals surface area contributed by atoms with Crippen molar-refractivity contribution in [3.8, 4) is 5.75 Å². The first-order valence-electron chi connectivity index (χ1n) is 5.91. The molecule has 0 saturated heterocycles. The molecule has 0 heterocycles. The van der Waals surface area contributed by atoms with E-state index in [4.69, 9.17) is 9.47 Å². The number of carbonyl (C=O) groups excluding carboxylic acids is 1. The van der Waals surface area contributed by atoms with E-state index in [2.05, 4.69) is 0 Å². The predicted octanol–water partition coefficient (Wildman–Crippen LogP) is 2.58. The van der Waals surface area contributed by atoms with Crippen LogP contribution in [0.15, 0.2) is 24.3 Å². The molecular weight excluding hydrogens is 216 g/mol. The van der Waals surface area contributed by atoms with Crippen molar-refractivity contribution in [2.24, 2.45) is 5.41 Å². The van der Waals surface area contributed by atoms with E-state index in [9.17, 15) is 4.79 Å². The van der Waals surface area contributed by atoms with Gasteiger partial charge in [0.1, 0.15) is 5.75 Å². The lowest BCUT2D eigenvalue weighted by Gasteiger charge is -2.39. The zero-order chi connectivity index (χ0) is 12.3. The topological polar surface area (TPSA) is 35.5 Å². The third kappa shape index (κ3) is 2.28. The molecule has 0 aromatic heterocycles. The molecule has 1 aromatic rings. The molecule has 1 aliphatic carbocycles. The fourth-order valence-corrected chi connectivity index (χ4v) is 2.45. The lowest BCUT2D eigenvalue weighted by molar-refractivity contribution is -0.158. The first kappa shape index (κ1) is 12.0. The van der Waals surface area contributed by atoms with Crippen LogP contribution >= 0.6 is 0 Å². The molecule has 1 saturated carbocycles. The Hall–Kier alpha value is -1.51. The van der Waals surface area contributed by atoms with Crippen LogP contribution < -0.4 is 4.74 Å². The number of ether oxygens (including phenoxy) is 2. The van der Waals surface area contributed by atoms with E-state index in [1.165, 1.54) is 7.11 Å². The van der Waals surface area contributed by atoms with Gasteiger partial charge < -0.3 is 9.47 Å². The Morgan fingerprint density at radius 2 is 2.12 bits per heavy atom. The maximum Gasteiger partial charge on any atom is 0.312 e. The first-order valence-corrected chi connectivity index (χ1v) is 5.91. The minimum absolute atomic E-state index is 0.0773. The third-order valence-electron chi connectivity index (χ3n) is 3.61. The van der Waals surface area contributed by atoms with Gasteiger partial charge in [0, 0.05) is 0 Å². The van der Waals surface area contributed by atoms with Gasteiger partial charge in [-0.3, -0.25) is 4.79 Å². The van der Waals surface area contributed by atoms with Crippen LogP contribution in [-0.2, 0) is 16.0 Å². The SMILES string of the molecule is COC(=O)C1(Cc2cccc(OC)c2)CCC1. The van der Waals surface area contributed by atoms with Gasteiger partial charge in [-0.05, 0) is 37.0 Å². The number of carbonyl (C=O) groups is 1. The summed E-state index contributed by atoms with van der Waals surface area (Å²) in [6, 6.07) is 7.89. The molecule has 0 amide bonds. The lowest BCUT2D eigenvalue weighted by Crippen LogP contribution is -2.40. The second kappa shape index (κ2) is 4.78. The Labute approximate surface area is 102 Å². The van der Waals surface area contributed by atoms with Crippen LogP contribution in [0.3, 0.4) is 0 Å². The van der Waals surface area contributed by atoms with Crippen LogP contribution in [0.4, 0.5) is 0 Å². The summed E-state index contributed by atoms with van der Waals surface area (Å²) < 4.78 is 10.1. The Morgan fingerprint density at radius 3 is 2.65 bits per heavy atom. The molecule has 0 bridgehead atoms.